The number of carbonyl (C=O) groups excluding carboxylic acids is 1. The molecule has 1 aliphatic heterocycles. The first-order valence-electron chi connectivity index (χ1n) is 5.41. The van der Waals surface area contributed by atoms with Crippen molar-refractivity contribution < 1.29 is 9.90 Å². The predicted octanol–water partition coefficient (Wildman–Crippen LogP) is 0.810. The number of aliphatic hydroxyl groups is 1. The third-order valence-electron chi connectivity index (χ3n) is 2.66. The van der Waals surface area contributed by atoms with Crippen molar-refractivity contribution in [3.8, 4) is 0 Å². The number of nitrogens with zero attached hydrogens (tertiary/aromatic N) is 1. The Morgan fingerprint density at radius 1 is 1.57 bits per heavy atom. The molecule has 1 unspecified atom stereocenters. The van der Waals surface area contributed by atoms with Gasteiger partial charge in [0.05, 0.1) is 0 Å². The van der Waals surface area contributed by atoms with Crippen LogP contribution in [0.1, 0.15) is 26.2 Å². The number of aliphatic hydroxyl groups excluding tert-OH is 1. The van der Waals surface area contributed by atoms with Gasteiger partial charge in [-0.1, -0.05) is 13.3 Å². The van der Waals surface area contributed by atoms with Gasteiger partial charge in [0.2, 0.25) is 0 Å². The topological polar surface area (TPSA) is 52.6 Å². The number of hydrogen-bond acceptors (Lipinski definition) is 2. The molecule has 0 spiro atoms. The van der Waals surface area contributed by atoms with Crippen molar-refractivity contribution in [1.82, 2.24) is 10.2 Å². The third kappa shape index (κ3) is 3.18. The van der Waals surface area contributed by atoms with E-state index >= 15 is 0 Å². The number of rotatable bonds is 6. The van der Waals surface area contributed by atoms with E-state index in [-0.39, 0.29) is 12.6 Å². The Morgan fingerprint density at radius 2 is 2.36 bits per heavy atom. The zero-order chi connectivity index (χ0) is 10.4. The van der Waals surface area contributed by atoms with Gasteiger partial charge in [0.25, 0.3) is 0 Å². The second-order valence-corrected chi connectivity index (χ2v) is 3.84. The highest BCUT2D eigenvalue weighted by atomic mass is 16.3. The van der Waals surface area contributed by atoms with Crippen LogP contribution in [-0.2, 0) is 0 Å². The van der Waals surface area contributed by atoms with E-state index in [1.807, 2.05) is 4.90 Å². The summed E-state index contributed by atoms with van der Waals surface area (Å²) in [5.41, 5.74) is 0. The van der Waals surface area contributed by atoms with Crippen LogP contribution in [0, 0.1) is 5.92 Å². The minimum atomic E-state index is 0.0454. The molecule has 1 aliphatic rings. The monoisotopic (exact) mass is 200 g/mol. The van der Waals surface area contributed by atoms with E-state index < -0.39 is 0 Å². The molecule has 4 heteroatoms. The molecule has 1 fully saturated rings. The van der Waals surface area contributed by atoms with E-state index in [1.165, 1.54) is 0 Å². The predicted molar refractivity (Wildman–Crippen MR) is 55.1 cm³/mol. The van der Waals surface area contributed by atoms with Gasteiger partial charge >= 0.3 is 6.03 Å². The SMILES string of the molecule is CCCC(CCO)CN1CCNC1=O. The van der Waals surface area contributed by atoms with Crippen LogP contribution >= 0.6 is 0 Å². The van der Waals surface area contributed by atoms with Crippen LogP contribution < -0.4 is 5.32 Å². The van der Waals surface area contributed by atoms with Crippen molar-refractivity contribution in [2.75, 3.05) is 26.2 Å². The second-order valence-electron chi connectivity index (χ2n) is 3.84. The molecule has 1 heterocycles. The van der Waals surface area contributed by atoms with Gasteiger partial charge in [-0.05, 0) is 18.8 Å². The molecule has 2 N–H and O–H groups in total. The van der Waals surface area contributed by atoms with E-state index in [0.717, 1.165) is 38.9 Å². The minimum absolute atomic E-state index is 0.0454. The van der Waals surface area contributed by atoms with Crippen LogP contribution in [0.15, 0.2) is 0 Å². The number of amides is 2. The molecule has 0 aromatic heterocycles. The fraction of sp³-hybridized carbons (Fsp3) is 0.900. The number of carbonyl (C=O) groups is 1. The fourth-order valence-corrected chi connectivity index (χ4v) is 1.91. The largest absolute Gasteiger partial charge is 0.396 e. The molecule has 1 rings (SSSR count). The van der Waals surface area contributed by atoms with Gasteiger partial charge < -0.3 is 15.3 Å². The lowest BCUT2D eigenvalue weighted by Crippen LogP contribution is -2.33. The summed E-state index contributed by atoms with van der Waals surface area (Å²) >= 11 is 0. The van der Waals surface area contributed by atoms with E-state index in [1.54, 1.807) is 0 Å². The quantitative estimate of drug-likeness (QED) is 0.666. The Balaban J connectivity index is 2.33. The van der Waals surface area contributed by atoms with Gasteiger partial charge in [0.15, 0.2) is 0 Å². The van der Waals surface area contributed by atoms with Crippen molar-refractivity contribution in [1.29, 1.82) is 0 Å². The third-order valence-corrected chi connectivity index (χ3v) is 2.66. The molecule has 2 amide bonds. The van der Waals surface area contributed by atoms with Crippen LogP contribution in [0.4, 0.5) is 4.79 Å². The van der Waals surface area contributed by atoms with Crippen molar-refractivity contribution in [3.05, 3.63) is 0 Å². The van der Waals surface area contributed by atoms with E-state index in [0.29, 0.717) is 5.92 Å². The number of hydrogen-bond donors (Lipinski definition) is 2. The Bertz CT molecular complexity index is 179. The minimum Gasteiger partial charge on any atom is -0.396 e. The first kappa shape index (κ1) is 11.3. The van der Waals surface area contributed by atoms with Crippen molar-refractivity contribution in [2.45, 2.75) is 26.2 Å². The molecule has 0 aliphatic carbocycles. The summed E-state index contributed by atoms with van der Waals surface area (Å²) < 4.78 is 0. The highest BCUT2D eigenvalue weighted by molar-refractivity contribution is 5.76. The summed E-state index contributed by atoms with van der Waals surface area (Å²) in [6.07, 6.45) is 3.00. The van der Waals surface area contributed by atoms with Gasteiger partial charge in [-0.25, -0.2) is 4.79 Å². The summed E-state index contributed by atoms with van der Waals surface area (Å²) in [4.78, 5) is 13.1. The van der Waals surface area contributed by atoms with Crippen LogP contribution in [0.25, 0.3) is 0 Å². The van der Waals surface area contributed by atoms with Crippen molar-refractivity contribution in [2.24, 2.45) is 5.92 Å². The summed E-state index contributed by atoms with van der Waals surface area (Å²) in [5, 5.41) is 11.7. The second kappa shape index (κ2) is 5.86. The Kier molecular flexibility index (Phi) is 4.73. The molecule has 0 saturated carbocycles. The Labute approximate surface area is 85.3 Å². The smallest absolute Gasteiger partial charge is 0.317 e. The average Bonchev–Trinajstić information content (AvgIpc) is 2.53. The standard InChI is InChI=1S/C10H20N2O2/c1-2-3-9(4-7-13)8-12-6-5-11-10(12)14/h9,13H,2-8H2,1H3,(H,11,14). The molecular weight excluding hydrogens is 180 g/mol. The zero-order valence-corrected chi connectivity index (χ0v) is 8.83. The van der Waals surface area contributed by atoms with Gasteiger partial charge in [0.1, 0.15) is 0 Å². The molecule has 82 valence electrons. The highest BCUT2D eigenvalue weighted by Crippen LogP contribution is 2.13. The van der Waals surface area contributed by atoms with E-state index in [9.17, 15) is 4.79 Å². The van der Waals surface area contributed by atoms with Crippen LogP contribution in [0.3, 0.4) is 0 Å². The van der Waals surface area contributed by atoms with Crippen molar-refractivity contribution >= 4 is 6.03 Å². The Hall–Kier alpha value is -0.770. The molecular formula is C10H20N2O2. The Morgan fingerprint density at radius 3 is 2.86 bits per heavy atom. The number of nitrogens with one attached hydrogen (secondary N) is 1. The van der Waals surface area contributed by atoms with Crippen LogP contribution in [0.2, 0.25) is 0 Å². The lowest BCUT2D eigenvalue weighted by atomic mass is 10.00. The maximum atomic E-state index is 11.3. The summed E-state index contributed by atoms with van der Waals surface area (Å²) in [5.74, 6) is 0.453. The van der Waals surface area contributed by atoms with Gasteiger partial charge in [-0.2, -0.15) is 0 Å². The van der Waals surface area contributed by atoms with Gasteiger partial charge in [-0.15, -0.1) is 0 Å². The lowest BCUT2D eigenvalue weighted by molar-refractivity contribution is 0.192. The molecule has 0 bridgehead atoms. The first-order chi connectivity index (χ1) is 6.77. The van der Waals surface area contributed by atoms with Crippen LogP contribution in [0.5, 0.6) is 0 Å². The fourth-order valence-electron chi connectivity index (χ4n) is 1.91. The number of urea groups is 1. The molecule has 1 saturated heterocycles. The summed E-state index contributed by atoms with van der Waals surface area (Å²) in [7, 11) is 0. The first-order valence-corrected chi connectivity index (χ1v) is 5.41. The average molecular weight is 200 g/mol. The molecule has 14 heavy (non-hydrogen) atoms. The maximum absolute atomic E-state index is 11.3. The normalized spacial score (nSPS) is 18.4. The van der Waals surface area contributed by atoms with Gasteiger partial charge in [-0.3, -0.25) is 0 Å². The molecule has 0 aromatic rings. The molecule has 0 aromatic carbocycles. The molecule has 0 radical (unpaired) electrons. The lowest BCUT2D eigenvalue weighted by Gasteiger charge is -2.21. The molecule has 1 atom stereocenters. The van der Waals surface area contributed by atoms with Gasteiger partial charge in [0, 0.05) is 26.2 Å². The summed E-state index contributed by atoms with van der Waals surface area (Å²) in [6.45, 7) is 4.72. The maximum Gasteiger partial charge on any atom is 0.317 e. The van der Waals surface area contributed by atoms with E-state index in [4.69, 9.17) is 5.11 Å². The molecule has 4 nitrogen and oxygen atoms in total. The van der Waals surface area contributed by atoms with Crippen LogP contribution in [-0.4, -0.2) is 42.3 Å². The van der Waals surface area contributed by atoms with Crippen molar-refractivity contribution in [3.63, 3.8) is 0 Å². The van der Waals surface area contributed by atoms with E-state index in [2.05, 4.69) is 12.2 Å². The highest BCUT2D eigenvalue weighted by Gasteiger charge is 2.22. The zero-order valence-electron chi connectivity index (χ0n) is 8.83. The summed E-state index contributed by atoms with van der Waals surface area (Å²) in [6, 6.07) is 0.0454.